The maximum atomic E-state index is 13.5. The first kappa shape index (κ1) is 25.6. The third-order valence-electron chi connectivity index (χ3n) is 6.85. The molecular formula is C27H34N4O5. The summed E-state index contributed by atoms with van der Waals surface area (Å²) in [5.41, 5.74) is 1.51. The Bertz CT molecular complexity index is 1100. The number of amides is 3. The molecule has 1 N–H and O–H groups in total. The number of hydrogen-bond donors (Lipinski definition) is 1. The third kappa shape index (κ3) is 5.84. The molecule has 1 aromatic heterocycles. The number of rotatable bonds is 4. The lowest BCUT2D eigenvalue weighted by atomic mass is 10.0. The van der Waals surface area contributed by atoms with Crippen LogP contribution < -0.4 is 10.1 Å². The average molecular weight is 495 g/mol. The number of nitrogens with one attached hydrogen (secondary N) is 1. The van der Waals surface area contributed by atoms with E-state index in [0.29, 0.717) is 35.7 Å². The van der Waals surface area contributed by atoms with Crippen molar-refractivity contribution in [3.63, 3.8) is 0 Å². The van der Waals surface area contributed by atoms with Crippen LogP contribution in [0.4, 0.5) is 5.69 Å². The predicted octanol–water partition coefficient (Wildman–Crippen LogP) is 3.08. The SMILES string of the molecule is CO[C@H]1CN(C)C(=O)c2ccc(NC(=O)C3CC3)cc2OC[C@H](C)N(C(=O)c2ccncc2)C[C@H]1C. The second-order valence-electron chi connectivity index (χ2n) is 9.77. The Balaban J connectivity index is 1.66. The van der Waals surface area contributed by atoms with Gasteiger partial charge in [0.25, 0.3) is 11.8 Å². The Morgan fingerprint density at radius 2 is 1.83 bits per heavy atom. The van der Waals surface area contributed by atoms with Gasteiger partial charge in [0.1, 0.15) is 12.4 Å². The van der Waals surface area contributed by atoms with Crippen molar-refractivity contribution in [2.24, 2.45) is 11.8 Å². The van der Waals surface area contributed by atoms with Crippen LogP contribution >= 0.6 is 0 Å². The van der Waals surface area contributed by atoms with Gasteiger partial charge in [-0.1, -0.05) is 6.92 Å². The van der Waals surface area contributed by atoms with E-state index in [1.54, 1.807) is 66.7 Å². The molecule has 0 unspecified atom stereocenters. The second-order valence-corrected chi connectivity index (χ2v) is 9.77. The Kier molecular flexibility index (Phi) is 7.88. The first-order chi connectivity index (χ1) is 17.3. The minimum absolute atomic E-state index is 0.0223. The summed E-state index contributed by atoms with van der Waals surface area (Å²) in [5.74, 6) is 0.0367. The molecule has 0 bridgehead atoms. The number of hydrogen-bond acceptors (Lipinski definition) is 6. The molecule has 2 aliphatic rings. The van der Waals surface area contributed by atoms with Crippen molar-refractivity contribution in [3.05, 3.63) is 53.9 Å². The van der Waals surface area contributed by atoms with Crippen molar-refractivity contribution in [2.75, 3.05) is 39.2 Å². The van der Waals surface area contributed by atoms with Gasteiger partial charge in [-0.05, 0) is 44.0 Å². The van der Waals surface area contributed by atoms with Gasteiger partial charge in [0.05, 0.1) is 17.7 Å². The predicted molar refractivity (Wildman–Crippen MR) is 135 cm³/mol. The van der Waals surface area contributed by atoms with Gasteiger partial charge in [0.15, 0.2) is 0 Å². The summed E-state index contributed by atoms with van der Waals surface area (Å²) < 4.78 is 11.9. The maximum absolute atomic E-state index is 13.5. The number of ether oxygens (including phenoxy) is 2. The fourth-order valence-electron chi connectivity index (χ4n) is 4.38. The second kappa shape index (κ2) is 11.1. The van der Waals surface area contributed by atoms with E-state index in [-0.39, 0.29) is 48.3 Å². The Labute approximate surface area is 211 Å². The highest BCUT2D eigenvalue weighted by atomic mass is 16.5. The van der Waals surface area contributed by atoms with Crippen molar-refractivity contribution in [1.82, 2.24) is 14.8 Å². The van der Waals surface area contributed by atoms with Crippen LogP contribution in [-0.4, -0.2) is 78.5 Å². The van der Waals surface area contributed by atoms with Crippen molar-refractivity contribution in [1.29, 1.82) is 0 Å². The van der Waals surface area contributed by atoms with Gasteiger partial charge in [-0.2, -0.15) is 0 Å². The molecule has 1 saturated carbocycles. The van der Waals surface area contributed by atoms with Crippen LogP contribution in [0.1, 0.15) is 47.4 Å². The zero-order chi connectivity index (χ0) is 25.8. The van der Waals surface area contributed by atoms with Gasteiger partial charge in [0, 0.05) is 68.8 Å². The molecule has 1 aliphatic heterocycles. The maximum Gasteiger partial charge on any atom is 0.257 e. The van der Waals surface area contributed by atoms with Crippen molar-refractivity contribution in [3.8, 4) is 5.75 Å². The van der Waals surface area contributed by atoms with E-state index in [4.69, 9.17) is 9.47 Å². The minimum Gasteiger partial charge on any atom is -0.491 e. The summed E-state index contributed by atoms with van der Waals surface area (Å²) in [5, 5.41) is 2.91. The molecule has 1 fully saturated rings. The lowest BCUT2D eigenvalue weighted by molar-refractivity contribution is -0.117. The number of aromatic nitrogens is 1. The highest BCUT2D eigenvalue weighted by molar-refractivity contribution is 5.99. The zero-order valence-electron chi connectivity index (χ0n) is 21.3. The van der Waals surface area contributed by atoms with Gasteiger partial charge in [-0.15, -0.1) is 0 Å². The van der Waals surface area contributed by atoms with Gasteiger partial charge in [-0.3, -0.25) is 19.4 Å². The number of carbonyl (C=O) groups is 3. The molecule has 4 rings (SSSR count). The van der Waals surface area contributed by atoms with E-state index in [0.717, 1.165) is 12.8 Å². The molecule has 0 radical (unpaired) electrons. The lowest BCUT2D eigenvalue weighted by Crippen LogP contribution is -2.48. The molecule has 9 nitrogen and oxygen atoms in total. The summed E-state index contributed by atoms with van der Waals surface area (Å²) in [6.07, 6.45) is 4.71. The number of anilines is 1. The van der Waals surface area contributed by atoms with Crippen LogP contribution in [-0.2, 0) is 9.53 Å². The molecule has 192 valence electrons. The number of fused-ring (bicyclic) bond motifs is 1. The molecular weight excluding hydrogens is 460 g/mol. The van der Waals surface area contributed by atoms with Crippen molar-refractivity contribution >= 4 is 23.4 Å². The van der Waals surface area contributed by atoms with E-state index in [1.165, 1.54) is 0 Å². The number of pyridine rings is 1. The van der Waals surface area contributed by atoms with Crippen LogP contribution in [0.5, 0.6) is 5.75 Å². The van der Waals surface area contributed by atoms with Crippen LogP contribution in [0.2, 0.25) is 0 Å². The van der Waals surface area contributed by atoms with Gasteiger partial charge in [-0.25, -0.2) is 0 Å². The topological polar surface area (TPSA) is 101 Å². The molecule has 2 heterocycles. The third-order valence-corrected chi connectivity index (χ3v) is 6.85. The molecule has 0 spiro atoms. The summed E-state index contributed by atoms with van der Waals surface area (Å²) in [7, 11) is 3.34. The molecule has 3 atom stereocenters. The summed E-state index contributed by atoms with van der Waals surface area (Å²) in [6.45, 7) is 4.89. The molecule has 1 aliphatic carbocycles. The van der Waals surface area contributed by atoms with Crippen molar-refractivity contribution < 1.29 is 23.9 Å². The van der Waals surface area contributed by atoms with Crippen LogP contribution in [0, 0.1) is 11.8 Å². The van der Waals surface area contributed by atoms with E-state index in [9.17, 15) is 14.4 Å². The zero-order valence-corrected chi connectivity index (χ0v) is 21.3. The smallest absolute Gasteiger partial charge is 0.257 e. The average Bonchev–Trinajstić information content (AvgIpc) is 3.74. The highest BCUT2D eigenvalue weighted by Crippen LogP contribution is 2.32. The molecule has 1 aromatic carbocycles. The molecule has 36 heavy (non-hydrogen) atoms. The molecule has 0 saturated heterocycles. The number of likely N-dealkylation sites (N-methyl/N-ethyl adjacent to an activating group) is 1. The first-order valence-electron chi connectivity index (χ1n) is 12.4. The Morgan fingerprint density at radius 3 is 2.50 bits per heavy atom. The van der Waals surface area contributed by atoms with Crippen LogP contribution in [0.25, 0.3) is 0 Å². The normalized spacial score (nSPS) is 23.1. The van der Waals surface area contributed by atoms with Gasteiger partial charge in [0.2, 0.25) is 5.91 Å². The number of carbonyl (C=O) groups excluding carboxylic acids is 3. The van der Waals surface area contributed by atoms with Gasteiger partial charge >= 0.3 is 0 Å². The van der Waals surface area contributed by atoms with Crippen molar-refractivity contribution in [2.45, 2.75) is 38.8 Å². The Morgan fingerprint density at radius 1 is 1.11 bits per heavy atom. The van der Waals surface area contributed by atoms with E-state index in [2.05, 4.69) is 10.3 Å². The first-order valence-corrected chi connectivity index (χ1v) is 12.4. The van der Waals surface area contributed by atoms with E-state index < -0.39 is 0 Å². The fourth-order valence-corrected chi connectivity index (χ4v) is 4.38. The lowest BCUT2D eigenvalue weighted by Gasteiger charge is -2.36. The van der Waals surface area contributed by atoms with Crippen LogP contribution in [0.3, 0.4) is 0 Å². The monoisotopic (exact) mass is 494 g/mol. The van der Waals surface area contributed by atoms with E-state index >= 15 is 0 Å². The largest absolute Gasteiger partial charge is 0.491 e. The summed E-state index contributed by atoms with van der Waals surface area (Å²) >= 11 is 0. The van der Waals surface area contributed by atoms with Gasteiger partial charge < -0.3 is 24.6 Å². The Hall–Kier alpha value is -3.46. The summed E-state index contributed by atoms with van der Waals surface area (Å²) in [6, 6.07) is 8.18. The standard InChI is InChI=1S/C27H34N4O5/c1-17-14-31(26(33)20-9-11-28-12-10-20)18(2)16-36-23-13-21(29-25(32)19-5-6-19)7-8-22(23)27(34)30(3)15-24(17)35-4/h7-13,17-19,24H,5-6,14-16H2,1-4H3,(H,29,32)/t17-,18+,24+/m1/s1. The van der Waals surface area contributed by atoms with Crippen LogP contribution in [0.15, 0.2) is 42.7 Å². The fraction of sp³-hybridized carbons (Fsp3) is 0.481. The molecule has 3 amide bonds. The van der Waals surface area contributed by atoms with E-state index in [1.807, 2.05) is 13.8 Å². The quantitative estimate of drug-likeness (QED) is 0.701. The number of methoxy groups -OCH3 is 1. The highest BCUT2D eigenvalue weighted by Gasteiger charge is 2.32. The summed E-state index contributed by atoms with van der Waals surface area (Å²) in [4.78, 5) is 46.5. The number of benzene rings is 1. The number of nitrogens with zero attached hydrogens (tertiary/aromatic N) is 3. The molecule has 9 heteroatoms. The molecule has 2 aromatic rings. The minimum atomic E-state index is -0.296.